The van der Waals surface area contributed by atoms with Crippen LogP contribution in [0.4, 0.5) is 0 Å². The minimum absolute atomic E-state index is 0.0705. The third-order valence-electron chi connectivity index (χ3n) is 5.14. The van der Waals surface area contributed by atoms with Crippen molar-refractivity contribution in [3.8, 4) is 0 Å². The molecule has 0 bridgehead atoms. The van der Waals surface area contributed by atoms with Crippen LogP contribution in [0.25, 0.3) is 5.57 Å². The van der Waals surface area contributed by atoms with E-state index in [1.54, 1.807) is 6.08 Å². The third kappa shape index (κ3) is 2.36. The summed E-state index contributed by atoms with van der Waals surface area (Å²) in [5, 5.41) is 0. The van der Waals surface area contributed by atoms with Crippen molar-refractivity contribution in [2.24, 2.45) is 0 Å². The van der Waals surface area contributed by atoms with Crippen molar-refractivity contribution in [2.45, 2.75) is 28.1 Å². The Labute approximate surface area is 160 Å². The van der Waals surface area contributed by atoms with Gasteiger partial charge in [-0.25, -0.2) is 0 Å². The normalized spacial score (nSPS) is 31.4. The van der Waals surface area contributed by atoms with Gasteiger partial charge in [0.1, 0.15) is 0 Å². The van der Waals surface area contributed by atoms with Crippen LogP contribution in [0.15, 0.2) is 47.0 Å². The van der Waals surface area contributed by atoms with E-state index >= 15 is 0 Å². The summed E-state index contributed by atoms with van der Waals surface area (Å²) < 4.78 is 7.09. The molecule has 25 heavy (non-hydrogen) atoms. The fraction of sp³-hybridized carbons (Fsp3) is 0.368. The zero-order valence-electron chi connectivity index (χ0n) is 14.1. The van der Waals surface area contributed by atoms with E-state index in [2.05, 4.69) is 23.8 Å². The maximum absolute atomic E-state index is 13.2. The number of carbonyl (C=O) groups excluding carboxylic acids is 2. The summed E-state index contributed by atoms with van der Waals surface area (Å²) in [4.78, 5) is 27.5. The van der Waals surface area contributed by atoms with Crippen LogP contribution in [-0.4, -0.2) is 71.3 Å². The summed E-state index contributed by atoms with van der Waals surface area (Å²) in [6.45, 7) is 1.07. The van der Waals surface area contributed by atoms with E-state index in [1.807, 2.05) is 29.2 Å². The molecular weight excluding hydrogens is 448 g/mol. The van der Waals surface area contributed by atoms with Crippen molar-refractivity contribution in [3.05, 3.63) is 52.5 Å². The predicted molar refractivity (Wildman–Crippen MR) is 98.7 cm³/mol. The van der Waals surface area contributed by atoms with Gasteiger partial charge in [-0.05, 0) is 0 Å². The second-order valence-electron chi connectivity index (χ2n) is 6.24. The molecule has 2 heterocycles. The van der Waals surface area contributed by atoms with E-state index in [-0.39, 0.29) is 52.5 Å². The van der Waals surface area contributed by atoms with Crippen LogP contribution in [0.1, 0.15) is 5.56 Å². The van der Waals surface area contributed by atoms with E-state index in [0.29, 0.717) is 13.2 Å². The van der Waals surface area contributed by atoms with Crippen molar-refractivity contribution in [1.82, 2.24) is 4.90 Å². The van der Waals surface area contributed by atoms with Crippen LogP contribution in [0.5, 0.6) is 0 Å². The number of hydrogen-bond acceptors (Lipinski definition) is 3. The van der Waals surface area contributed by atoms with Crippen LogP contribution in [0.3, 0.4) is 0 Å². The van der Waals surface area contributed by atoms with Crippen molar-refractivity contribution >= 4 is 47.2 Å². The predicted octanol–water partition coefficient (Wildman–Crippen LogP) is 1.81. The van der Waals surface area contributed by atoms with E-state index in [4.69, 9.17) is 4.74 Å². The van der Waals surface area contributed by atoms with E-state index < -0.39 is 5.54 Å². The average Bonchev–Trinajstić information content (AvgIpc) is 2.90. The molecule has 130 valence electrons. The molecule has 1 saturated heterocycles. The number of hydrogen-bond donors (Lipinski definition) is 0. The molecule has 1 spiro atoms. The monoisotopic (exact) mass is 469 g/mol. The van der Waals surface area contributed by atoms with Crippen LogP contribution in [-0.2, 0) is 14.3 Å². The number of carbonyl (C=O) groups is 2. The Morgan fingerprint density at radius 1 is 1.20 bits per heavy atom. The van der Waals surface area contributed by atoms with E-state index in [1.165, 1.54) is 0 Å². The van der Waals surface area contributed by atoms with Crippen molar-refractivity contribution in [1.29, 1.82) is 0 Å². The fourth-order valence-corrected chi connectivity index (χ4v) is 7.52. The van der Waals surface area contributed by atoms with Crippen LogP contribution < -0.4 is 0 Å². The fourth-order valence-electron chi connectivity index (χ4n) is 4.13. The van der Waals surface area contributed by atoms with Gasteiger partial charge in [0.05, 0.1) is 0 Å². The zero-order valence-corrected chi connectivity index (χ0v) is 17.5. The van der Waals surface area contributed by atoms with Gasteiger partial charge in [0.2, 0.25) is 0 Å². The van der Waals surface area contributed by atoms with Crippen molar-refractivity contribution in [2.75, 3.05) is 13.2 Å². The summed E-state index contributed by atoms with van der Waals surface area (Å²) >= 11 is 0.189. The molecule has 0 N–H and O–H groups in total. The first kappa shape index (κ1) is 17.3. The molecule has 1 aliphatic carbocycles. The standard InChI is InChI=1S/C19H19NO3Se2/c1-24-15-13(21)8-9-19-14(12-6-4-3-5-7-12)16(25-2)18(22)20(19)10-11-23-17(15)19/h3-9,15,17H,10-11H2,1-2H3. The Kier molecular flexibility index (Phi) is 4.51. The molecule has 4 rings (SSSR count). The molecular formula is C19H19NO3Se2. The van der Waals surface area contributed by atoms with Gasteiger partial charge in [0.25, 0.3) is 0 Å². The molecule has 0 saturated carbocycles. The Balaban J connectivity index is 1.99. The summed E-state index contributed by atoms with van der Waals surface area (Å²) in [5.41, 5.74) is 1.50. The molecule has 3 aliphatic rings. The van der Waals surface area contributed by atoms with Gasteiger partial charge in [-0.3, -0.25) is 0 Å². The molecule has 3 atom stereocenters. The topological polar surface area (TPSA) is 46.6 Å². The third-order valence-corrected chi connectivity index (χ3v) is 8.86. The molecule has 1 aromatic rings. The Morgan fingerprint density at radius 2 is 1.96 bits per heavy atom. The molecule has 1 amide bonds. The summed E-state index contributed by atoms with van der Waals surface area (Å²) in [6.07, 6.45) is 3.36. The summed E-state index contributed by atoms with van der Waals surface area (Å²) in [5.74, 6) is 4.43. The number of amides is 1. The number of benzene rings is 1. The number of nitrogens with zero attached hydrogens (tertiary/aromatic N) is 1. The van der Waals surface area contributed by atoms with E-state index in [0.717, 1.165) is 15.6 Å². The molecule has 0 radical (unpaired) electrons. The van der Waals surface area contributed by atoms with Gasteiger partial charge >= 0.3 is 160 Å². The zero-order chi connectivity index (χ0) is 17.6. The molecule has 1 fully saturated rings. The first-order valence-corrected chi connectivity index (χ1v) is 13.5. The molecule has 6 heteroatoms. The van der Waals surface area contributed by atoms with Crippen LogP contribution in [0.2, 0.25) is 16.5 Å². The van der Waals surface area contributed by atoms with Gasteiger partial charge in [0, 0.05) is 0 Å². The summed E-state index contributed by atoms with van der Waals surface area (Å²) in [6, 6.07) is 10.1. The van der Waals surface area contributed by atoms with Crippen molar-refractivity contribution < 1.29 is 14.3 Å². The number of morpholine rings is 1. The van der Waals surface area contributed by atoms with Gasteiger partial charge in [0.15, 0.2) is 0 Å². The molecule has 4 nitrogen and oxygen atoms in total. The van der Waals surface area contributed by atoms with Gasteiger partial charge in [-0.15, -0.1) is 0 Å². The minimum atomic E-state index is -0.625. The molecule has 0 aromatic heterocycles. The number of allylic oxidation sites excluding steroid dienone is 1. The first-order valence-electron chi connectivity index (χ1n) is 8.18. The number of ether oxygens (including phenoxy) is 1. The number of ketones is 1. The van der Waals surface area contributed by atoms with Gasteiger partial charge in [-0.2, -0.15) is 0 Å². The SMILES string of the molecule is C[Se]C1=C(c2ccccc2)C23C=CC(=O)C([Se]C)C2OCCN3C1=O. The quantitative estimate of drug-likeness (QED) is 0.638. The average molecular weight is 467 g/mol. The Bertz CT molecular complexity index is 789. The van der Waals surface area contributed by atoms with Crippen LogP contribution >= 0.6 is 0 Å². The Morgan fingerprint density at radius 3 is 2.64 bits per heavy atom. The van der Waals surface area contributed by atoms with Gasteiger partial charge < -0.3 is 0 Å². The van der Waals surface area contributed by atoms with E-state index in [9.17, 15) is 9.59 Å². The molecule has 1 aromatic carbocycles. The molecule has 2 aliphatic heterocycles. The first-order chi connectivity index (χ1) is 12.1. The van der Waals surface area contributed by atoms with Crippen LogP contribution in [0, 0.1) is 0 Å². The molecule has 3 unspecified atom stereocenters. The number of rotatable bonds is 3. The maximum atomic E-state index is 13.2. The second-order valence-corrected chi connectivity index (χ2v) is 10.0. The van der Waals surface area contributed by atoms with Crippen molar-refractivity contribution in [3.63, 3.8) is 0 Å². The Hall–Kier alpha value is -1.16. The second kappa shape index (κ2) is 6.53. The summed E-state index contributed by atoms with van der Waals surface area (Å²) in [7, 11) is 0. The van der Waals surface area contributed by atoms with Gasteiger partial charge in [-0.1, -0.05) is 0 Å².